The lowest BCUT2D eigenvalue weighted by Gasteiger charge is -2.03. The Labute approximate surface area is 94.7 Å². The maximum Gasteiger partial charge on any atom is 0.215 e. The van der Waals surface area contributed by atoms with Gasteiger partial charge < -0.3 is 4.98 Å². The SMILES string of the molecule is CNS(=O)(=O)Cc1ccc2[nH]cc(C)c2c1. The standard InChI is InChI=1S/C11H14N2O2S/c1-8-6-13-11-4-3-9(5-10(8)11)7-16(14,15)12-2/h3-6,12-13H,7H2,1-2H3. The molecule has 0 unspecified atom stereocenters. The number of rotatable bonds is 3. The molecule has 16 heavy (non-hydrogen) atoms. The van der Waals surface area contributed by atoms with E-state index in [1.54, 1.807) is 0 Å². The maximum atomic E-state index is 11.4. The number of aromatic nitrogens is 1. The van der Waals surface area contributed by atoms with Gasteiger partial charge >= 0.3 is 0 Å². The van der Waals surface area contributed by atoms with Crippen LogP contribution in [0.2, 0.25) is 0 Å². The Kier molecular flexibility index (Phi) is 2.73. The Balaban J connectivity index is 2.43. The van der Waals surface area contributed by atoms with Crippen LogP contribution in [0.4, 0.5) is 0 Å². The van der Waals surface area contributed by atoms with Crippen molar-refractivity contribution in [1.82, 2.24) is 9.71 Å². The summed E-state index contributed by atoms with van der Waals surface area (Å²) in [5, 5.41) is 1.07. The number of sulfonamides is 1. The molecule has 0 aliphatic carbocycles. The molecule has 0 saturated heterocycles. The third-order valence-corrected chi connectivity index (χ3v) is 3.96. The minimum atomic E-state index is -3.20. The third-order valence-electron chi connectivity index (χ3n) is 2.62. The lowest BCUT2D eigenvalue weighted by Crippen LogP contribution is -2.20. The fourth-order valence-corrected chi connectivity index (χ4v) is 2.45. The van der Waals surface area contributed by atoms with Crippen molar-refractivity contribution in [3.63, 3.8) is 0 Å². The second kappa shape index (κ2) is 3.92. The van der Waals surface area contributed by atoms with Gasteiger partial charge in [0.2, 0.25) is 10.0 Å². The zero-order chi connectivity index (χ0) is 11.8. The first-order valence-corrected chi connectivity index (χ1v) is 6.65. The Morgan fingerprint density at radius 1 is 1.38 bits per heavy atom. The van der Waals surface area contributed by atoms with Gasteiger partial charge in [0.05, 0.1) is 5.75 Å². The average molecular weight is 238 g/mol. The third kappa shape index (κ3) is 2.10. The van der Waals surface area contributed by atoms with Gasteiger partial charge in [-0.2, -0.15) is 0 Å². The van der Waals surface area contributed by atoms with E-state index in [0.717, 1.165) is 22.0 Å². The van der Waals surface area contributed by atoms with Crippen LogP contribution in [0.15, 0.2) is 24.4 Å². The molecule has 0 saturated carbocycles. The van der Waals surface area contributed by atoms with Crippen LogP contribution in [0.1, 0.15) is 11.1 Å². The first-order valence-electron chi connectivity index (χ1n) is 5.00. The molecule has 86 valence electrons. The van der Waals surface area contributed by atoms with Crippen LogP contribution in [0.5, 0.6) is 0 Å². The van der Waals surface area contributed by atoms with Gasteiger partial charge in [0.1, 0.15) is 0 Å². The lowest BCUT2D eigenvalue weighted by atomic mass is 10.1. The molecule has 4 nitrogen and oxygen atoms in total. The monoisotopic (exact) mass is 238 g/mol. The van der Waals surface area contributed by atoms with Crippen molar-refractivity contribution in [2.45, 2.75) is 12.7 Å². The van der Waals surface area contributed by atoms with E-state index < -0.39 is 10.0 Å². The number of benzene rings is 1. The summed E-state index contributed by atoms with van der Waals surface area (Å²) in [6, 6.07) is 5.64. The summed E-state index contributed by atoms with van der Waals surface area (Å²) in [7, 11) is -1.77. The lowest BCUT2D eigenvalue weighted by molar-refractivity contribution is 0.587. The zero-order valence-electron chi connectivity index (χ0n) is 9.24. The summed E-state index contributed by atoms with van der Waals surface area (Å²) < 4.78 is 25.1. The van der Waals surface area contributed by atoms with Crippen molar-refractivity contribution < 1.29 is 8.42 Å². The number of nitrogens with one attached hydrogen (secondary N) is 2. The summed E-state index contributed by atoms with van der Waals surface area (Å²) >= 11 is 0. The molecule has 0 spiro atoms. The van der Waals surface area contributed by atoms with E-state index in [1.807, 2.05) is 31.3 Å². The second-order valence-corrected chi connectivity index (χ2v) is 5.74. The quantitative estimate of drug-likeness (QED) is 0.851. The smallest absolute Gasteiger partial charge is 0.215 e. The van der Waals surface area contributed by atoms with Crippen molar-refractivity contribution in [3.8, 4) is 0 Å². The van der Waals surface area contributed by atoms with Crippen LogP contribution >= 0.6 is 0 Å². The highest BCUT2D eigenvalue weighted by molar-refractivity contribution is 7.88. The molecule has 5 heteroatoms. The van der Waals surface area contributed by atoms with Gasteiger partial charge in [-0.15, -0.1) is 0 Å². The van der Waals surface area contributed by atoms with E-state index in [-0.39, 0.29) is 5.75 Å². The molecule has 0 amide bonds. The number of fused-ring (bicyclic) bond motifs is 1. The van der Waals surface area contributed by atoms with Gasteiger partial charge in [0, 0.05) is 17.1 Å². The fraction of sp³-hybridized carbons (Fsp3) is 0.273. The number of aromatic amines is 1. The van der Waals surface area contributed by atoms with Crippen molar-refractivity contribution in [2.75, 3.05) is 7.05 Å². The predicted octanol–water partition coefficient (Wildman–Crippen LogP) is 1.53. The summed E-state index contributed by atoms with van der Waals surface area (Å²) in [4.78, 5) is 3.13. The molecule has 2 rings (SSSR count). The normalized spacial score (nSPS) is 12.1. The zero-order valence-corrected chi connectivity index (χ0v) is 10.1. The van der Waals surface area contributed by atoms with Crippen LogP contribution in [0, 0.1) is 6.92 Å². The molecule has 1 aromatic heterocycles. The summed E-state index contributed by atoms with van der Waals surface area (Å²) in [6.45, 7) is 2.00. The number of H-pyrrole nitrogens is 1. The van der Waals surface area contributed by atoms with Crippen molar-refractivity contribution in [2.24, 2.45) is 0 Å². The van der Waals surface area contributed by atoms with Crippen molar-refractivity contribution in [1.29, 1.82) is 0 Å². The second-order valence-electron chi connectivity index (χ2n) is 3.81. The van der Waals surface area contributed by atoms with Gasteiger partial charge in [-0.3, -0.25) is 0 Å². The summed E-state index contributed by atoms with van der Waals surface area (Å²) in [6.07, 6.45) is 1.92. The number of hydrogen-bond acceptors (Lipinski definition) is 2. The Bertz CT molecular complexity index is 614. The van der Waals surface area contributed by atoms with Gasteiger partial charge in [0.25, 0.3) is 0 Å². The Morgan fingerprint density at radius 3 is 2.81 bits per heavy atom. The first kappa shape index (κ1) is 11.2. The molecule has 1 aromatic carbocycles. The minimum Gasteiger partial charge on any atom is -0.361 e. The van der Waals surface area contributed by atoms with Gasteiger partial charge in [-0.25, -0.2) is 13.1 Å². The molecule has 2 aromatic rings. The Morgan fingerprint density at radius 2 is 2.12 bits per heavy atom. The highest BCUT2D eigenvalue weighted by Gasteiger charge is 2.09. The fourth-order valence-electron chi connectivity index (χ4n) is 1.69. The molecule has 0 atom stereocenters. The maximum absolute atomic E-state index is 11.4. The van der Waals surface area contributed by atoms with Crippen LogP contribution in [-0.4, -0.2) is 20.4 Å². The largest absolute Gasteiger partial charge is 0.361 e. The average Bonchev–Trinajstić information content (AvgIpc) is 2.60. The number of aryl methyl sites for hydroxylation is 1. The van der Waals surface area contributed by atoms with E-state index >= 15 is 0 Å². The van der Waals surface area contributed by atoms with Crippen molar-refractivity contribution >= 4 is 20.9 Å². The van der Waals surface area contributed by atoms with E-state index in [0.29, 0.717) is 0 Å². The van der Waals surface area contributed by atoms with Crippen LogP contribution in [0.25, 0.3) is 10.9 Å². The highest BCUT2D eigenvalue weighted by Crippen LogP contribution is 2.19. The molecule has 1 heterocycles. The van der Waals surface area contributed by atoms with E-state index in [1.165, 1.54) is 7.05 Å². The van der Waals surface area contributed by atoms with E-state index in [2.05, 4.69) is 9.71 Å². The molecular weight excluding hydrogens is 224 g/mol. The van der Waals surface area contributed by atoms with E-state index in [9.17, 15) is 8.42 Å². The van der Waals surface area contributed by atoms with Crippen molar-refractivity contribution in [3.05, 3.63) is 35.5 Å². The Hall–Kier alpha value is -1.33. The predicted molar refractivity (Wildman–Crippen MR) is 64.7 cm³/mol. The molecule has 0 radical (unpaired) electrons. The molecule has 0 aliphatic heterocycles. The molecule has 2 N–H and O–H groups in total. The van der Waals surface area contributed by atoms with Gasteiger partial charge in [-0.05, 0) is 37.2 Å². The molecule has 0 aliphatic rings. The van der Waals surface area contributed by atoms with Gasteiger partial charge in [0.15, 0.2) is 0 Å². The first-order chi connectivity index (χ1) is 7.52. The van der Waals surface area contributed by atoms with Crippen LogP contribution in [0.3, 0.4) is 0 Å². The molecular formula is C11H14N2O2S. The summed E-state index contributed by atoms with van der Waals surface area (Å²) in [5.74, 6) is 0.0179. The topological polar surface area (TPSA) is 62.0 Å². The van der Waals surface area contributed by atoms with Gasteiger partial charge in [-0.1, -0.05) is 6.07 Å². The highest BCUT2D eigenvalue weighted by atomic mass is 32.2. The number of hydrogen-bond donors (Lipinski definition) is 2. The molecule has 0 fully saturated rings. The van der Waals surface area contributed by atoms with Crippen LogP contribution < -0.4 is 4.72 Å². The summed E-state index contributed by atoms with van der Waals surface area (Å²) in [5.41, 5.74) is 2.95. The van der Waals surface area contributed by atoms with Crippen LogP contribution in [-0.2, 0) is 15.8 Å². The molecule has 0 bridgehead atoms. The minimum absolute atomic E-state index is 0.0179. The van der Waals surface area contributed by atoms with E-state index in [4.69, 9.17) is 0 Å².